The lowest BCUT2D eigenvalue weighted by atomic mass is 10.2. The van der Waals surface area contributed by atoms with Gasteiger partial charge in [0.2, 0.25) is 0 Å². The molecule has 116 valence electrons. The van der Waals surface area contributed by atoms with Gasteiger partial charge in [-0.2, -0.15) is 5.26 Å². The van der Waals surface area contributed by atoms with E-state index in [0.29, 0.717) is 11.4 Å². The molecule has 0 radical (unpaired) electrons. The van der Waals surface area contributed by atoms with Gasteiger partial charge in [0.25, 0.3) is 0 Å². The van der Waals surface area contributed by atoms with Crippen molar-refractivity contribution in [2.24, 2.45) is 0 Å². The SMILES string of the molecule is Cc1c(C#N)c(N)n(CCS(=O)(=O)Cc2ccccc2)c1C. The van der Waals surface area contributed by atoms with E-state index in [1.165, 1.54) is 0 Å². The molecule has 6 heteroatoms. The number of anilines is 1. The Hall–Kier alpha value is -2.26. The summed E-state index contributed by atoms with van der Waals surface area (Å²) in [5, 5.41) is 9.10. The Morgan fingerprint density at radius 2 is 1.86 bits per heavy atom. The Morgan fingerprint density at radius 1 is 1.23 bits per heavy atom. The summed E-state index contributed by atoms with van der Waals surface area (Å²) in [6, 6.07) is 11.2. The Bertz CT molecular complexity index is 815. The number of benzene rings is 1. The number of nitrogens with zero attached hydrogens (tertiary/aromatic N) is 2. The molecule has 22 heavy (non-hydrogen) atoms. The standard InChI is InChI=1S/C16H19N3O2S/c1-12-13(2)19(16(18)15(12)10-17)8-9-22(20,21)11-14-6-4-3-5-7-14/h3-7H,8-9,11,18H2,1-2H3. The first-order valence-corrected chi connectivity index (χ1v) is 8.77. The number of nitrogens with two attached hydrogens (primary N) is 1. The van der Waals surface area contributed by atoms with Crippen molar-refractivity contribution in [1.82, 2.24) is 4.57 Å². The Labute approximate surface area is 130 Å². The minimum absolute atomic E-state index is 0.00801. The van der Waals surface area contributed by atoms with Gasteiger partial charge in [-0.3, -0.25) is 0 Å². The highest BCUT2D eigenvalue weighted by atomic mass is 32.2. The van der Waals surface area contributed by atoms with Crippen molar-refractivity contribution >= 4 is 15.7 Å². The van der Waals surface area contributed by atoms with Crippen molar-refractivity contribution in [2.45, 2.75) is 26.1 Å². The lowest BCUT2D eigenvalue weighted by molar-refractivity contribution is 0.588. The van der Waals surface area contributed by atoms with Gasteiger partial charge in [0.1, 0.15) is 11.9 Å². The summed E-state index contributed by atoms with van der Waals surface area (Å²) in [6.07, 6.45) is 0. The zero-order valence-electron chi connectivity index (χ0n) is 12.7. The predicted molar refractivity (Wildman–Crippen MR) is 87.0 cm³/mol. The van der Waals surface area contributed by atoms with Gasteiger partial charge in [-0.25, -0.2) is 8.42 Å². The minimum Gasteiger partial charge on any atom is -0.384 e. The number of rotatable bonds is 5. The van der Waals surface area contributed by atoms with Crippen LogP contribution >= 0.6 is 0 Å². The summed E-state index contributed by atoms with van der Waals surface area (Å²) in [5.41, 5.74) is 8.79. The molecule has 0 aliphatic heterocycles. The fourth-order valence-electron chi connectivity index (χ4n) is 2.45. The van der Waals surface area contributed by atoms with Crippen LogP contribution in [0.15, 0.2) is 30.3 Å². The van der Waals surface area contributed by atoms with Crippen LogP contribution in [0.5, 0.6) is 0 Å². The second-order valence-corrected chi connectivity index (χ2v) is 7.50. The molecule has 0 bridgehead atoms. The van der Waals surface area contributed by atoms with Crippen molar-refractivity contribution in [3.05, 3.63) is 52.7 Å². The highest BCUT2D eigenvalue weighted by Crippen LogP contribution is 2.23. The fraction of sp³-hybridized carbons (Fsp3) is 0.312. The smallest absolute Gasteiger partial charge is 0.156 e. The van der Waals surface area contributed by atoms with E-state index in [0.717, 1.165) is 16.8 Å². The lowest BCUT2D eigenvalue weighted by Gasteiger charge is -2.10. The second-order valence-electron chi connectivity index (χ2n) is 5.31. The van der Waals surface area contributed by atoms with Crippen LogP contribution in [0, 0.1) is 25.2 Å². The van der Waals surface area contributed by atoms with Crippen molar-refractivity contribution in [3.63, 3.8) is 0 Å². The molecule has 0 aliphatic carbocycles. The molecule has 0 saturated heterocycles. The van der Waals surface area contributed by atoms with Gasteiger partial charge in [-0.05, 0) is 25.0 Å². The summed E-state index contributed by atoms with van der Waals surface area (Å²) in [7, 11) is -3.24. The molecule has 0 aliphatic rings. The summed E-state index contributed by atoms with van der Waals surface area (Å²) >= 11 is 0. The molecule has 1 aromatic carbocycles. The molecule has 2 aromatic rings. The number of hydrogen-bond acceptors (Lipinski definition) is 4. The van der Waals surface area contributed by atoms with Gasteiger partial charge < -0.3 is 10.3 Å². The number of nitrogen functional groups attached to an aromatic ring is 1. The highest BCUT2D eigenvalue weighted by Gasteiger charge is 2.18. The molecule has 0 amide bonds. The van der Waals surface area contributed by atoms with Crippen molar-refractivity contribution in [1.29, 1.82) is 5.26 Å². The quantitative estimate of drug-likeness (QED) is 0.915. The molecule has 0 spiro atoms. The molecular weight excluding hydrogens is 298 g/mol. The van der Waals surface area contributed by atoms with E-state index in [-0.39, 0.29) is 18.1 Å². The molecule has 0 atom stereocenters. The minimum atomic E-state index is -3.24. The first-order valence-electron chi connectivity index (χ1n) is 6.95. The third-order valence-electron chi connectivity index (χ3n) is 3.84. The normalized spacial score (nSPS) is 11.3. The second kappa shape index (κ2) is 6.24. The third kappa shape index (κ3) is 3.31. The number of nitriles is 1. The van der Waals surface area contributed by atoms with Crippen molar-refractivity contribution in [2.75, 3.05) is 11.5 Å². The average Bonchev–Trinajstić information content (AvgIpc) is 2.68. The summed E-state index contributed by atoms with van der Waals surface area (Å²) < 4.78 is 26.2. The van der Waals surface area contributed by atoms with E-state index in [2.05, 4.69) is 6.07 Å². The first-order chi connectivity index (χ1) is 10.4. The Kier molecular flexibility index (Phi) is 4.57. The van der Waals surface area contributed by atoms with Gasteiger partial charge in [0, 0.05) is 12.2 Å². The molecule has 1 aromatic heterocycles. The zero-order valence-corrected chi connectivity index (χ0v) is 13.5. The summed E-state index contributed by atoms with van der Waals surface area (Å²) in [4.78, 5) is 0. The maximum absolute atomic E-state index is 12.2. The topological polar surface area (TPSA) is 88.9 Å². The van der Waals surface area contributed by atoms with Gasteiger partial charge in [-0.15, -0.1) is 0 Å². The fourth-order valence-corrected chi connectivity index (χ4v) is 3.76. The van der Waals surface area contributed by atoms with Crippen LogP contribution in [0.4, 0.5) is 5.82 Å². The number of aromatic nitrogens is 1. The molecule has 2 rings (SSSR count). The van der Waals surface area contributed by atoms with Crippen LogP contribution in [0.1, 0.15) is 22.4 Å². The highest BCUT2D eigenvalue weighted by molar-refractivity contribution is 7.90. The lowest BCUT2D eigenvalue weighted by Crippen LogP contribution is -2.17. The van der Waals surface area contributed by atoms with E-state index in [4.69, 9.17) is 11.0 Å². The van der Waals surface area contributed by atoms with Gasteiger partial charge in [0.05, 0.1) is 17.1 Å². The maximum Gasteiger partial charge on any atom is 0.156 e. The Balaban J connectivity index is 2.15. The van der Waals surface area contributed by atoms with Crippen molar-refractivity contribution < 1.29 is 8.42 Å². The summed E-state index contributed by atoms with van der Waals surface area (Å²) in [5.74, 6) is 0.344. The Morgan fingerprint density at radius 3 is 2.41 bits per heavy atom. The monoisotopic (exact) mass is 317 g/mol. The van der Waals surface area contributed by atoms with Crippen LogP contribution in [-0.4, -0.2) is 18.7 Å². The zero-order chi connectivity index (χ0) is 16.3. The van der Waals surface area contributed by atoms with E-state index in [1.54, 1.807) is 16.7 Å². The average molecular weight is 317 g/mol. The van der Waals surface area contributed by atoms with Gasteiger partial charge in [-0.1, -0.05) is 30.3 Å². The molecular formula is C16H19N3O2S. The van der Waals surface area contributed by atoms with E-state index >= 15 is 0 Å². The molecule has 0 unspecified atom stereocenters. The van der Waals surface area contributed by atoms with E-state index in [1.807, 2.05) is 32.0 Å². The van der Waals surface area contributed by atoms with Crippen molar-refractivity contribution in [3.8, 4) is 6.07 Å². The molecule has 0 saturated carbocycles. The molecule has 5 nitrogen and oxygen atoms in total. The summed E-state index contributed by atoms with van der Waals surface area (Å²) in [6.45, 7) is 3.92. The van der Waals surface area contributed by atoms with Crippen LogP contribution in [0.3, 0.4) is 0 Å². The first kappa shape index (κ1) is 16.1. The van der Waals surface area contributed by atoms with Crippen LogP contribution in [0.2, 0.25) is 0 Å². The largest absolute Gasteiger partial charge is 0.384 e. The molecule has 2 N–H and O–H groups in total. The van der Waals surface area contributed by atoms with E-state index in [9.17, 15) is 8.42 Å². The van der Waals surface area contributed by atoms with E-state index < -0.39 is 9.84 Å². The van der Waals surface area contributed by atoms with Crippen LogP contribution in [0.25, 0.3) is 0 Å². The number of sulfone groups is 1. The van der Waals surface area contributed by atoms with Gasteiger partial charge >= 0.3 is 0 Å². The maximum atomic E-state index is 12.2. The van der Waals surface area contributed by atoms with Gasteiger partial charge in [0.15, 0.2) is 9.84 Å². The van der Waals surface area contributed by atoms with Crippen LogP contribution < -0.4 is 5.73 Å². The predicted octanol–water partition coefficient (Wildman–Crippen LogP) is 2.17. The van der Waals surface area contributed by atoms with Crippen LogP contribution in [-0.2, 0) is 22.1 Å². The number of hydrogen-bond donors (Lipinski definition) is 1. The molecule has 0 fully saturated rings. The molecule has 1 heterocycles. The third-order valence-corrected chi connectivity index (χ3v) is 5.41.